The smallest absolute Gasteiger partial charge is 0.277 e. The largest absolute Gasteiger partial charge is 0.392 e. The number of rotatable bonds is 4. The molecule has 0 saturated carbocycles. The van der Waals surface area contributed by atoms with Crippen molar-refractivity contribution in [2.75, 3.05) is 0 Å². The van der Waals surface area contributed by atoms with Crippen LogP contribution in [-0.4, -0.2) is 25.2 Å². The highest BCUT2D eigenvalue weighted by Gasteiger charge is 2.18. The first-order valence-electron chi connectivity index (χ1n) is 6.77. The number of hydrogen-bond donors (Lipinski definition) is 2. The molecule has 3 N–H and O–H groups in total. The molecule has 0 aliphatic heterocycles. The van der Waals surface area contributed by atoms with Gasteiger partial charge in [0.25, 0.3) is 5.56 Å². The third-order valence-electron chi connectivity index (χ3n) is 3.44. The zero-order chi connectivity index (χ0) is 16.6. The Balaban J connectivity index is 2.28. The van der Waals surface area contributed by atoms with E-state index < -0.39 is 23.9 Å². The van der Waals surface area contributed by atoms with Crippen LogP contribution in [0, 0.1) is 5.82 Å². The highest BCUT2D eigenvalue weighted by atomic mass is 19.1. The average Bonchev–Trinajstić information content (AvgIpc) is 2.89. The number of primary amides is 1. The number of aliphatic hydroxyl groups is 1. The zero-order valence-corrected chi connectivity index (χ0v) is 11.9. The van der Waals surface area contributed by atoms with E-state index in [1.807, 2.05) is 0 Å². The second-order valence-electron chi connectivity index (χ2n) is 4.99. The van der Waals surface area contributed by atoms with E-state index in [0.29, 0.717) is 11.3 Å². The number of halogens is 1. The molecule has 8 heteroatoms. The van der Waals surface area contributed by atoms with Crippen molar-refractivity contribution >= 4 is 11.4 Å². The van der Waals surface area contributed by atoms with Crippen LogP contribution in [0.3, 0.4) is 0 Å². The second-order valence-corrected chi connectivity index (χ2v) is 4.99. The predicted molar refractivity (Wildman–Crippen MR) is 80.0 cm³/mol. The van der Waals surface area contributed by atoms with Crippen molar-refractivity contribution in [3.8, 4) is 11.3 Å². The normalized spacial score (nSPS) is 11.0. The molecule has 2 heterocycles. The lowest BCUT2D eigenvalue weighted by Crippen LogP contribution is -2.28. The minimum atomic E-state index is -0.660. The van der Waals surface area contributed by atoms with E-state index in [0.717, 1.165) is 4.57 Å². The minimum Gasteiger partial charge on any atom is -0.392 e. The van der Waals surface area contributed by atoms with Gasteiger partial charge in [-0.3, -0.25) is 9.59 Å². The Hall–Kier alpha value is -3.00. The highest BCUT2D eigenvalue weighted by molar-refractivity contribution is 5.74. The van der Waals surface area contributed by atoms with Crippen molar-refractivity contribution < 1.29 is 14.3 Å². The van der Waals surface area contributed by atoms with Gasteiger partial charge in [0.2, 0.25) is 5.91 Å². The third kappa shape index (κ3) is 2.59. The fourth-order valence-corrected chi connectivity index (χ4v) is 2.46. The van der Waals surface area contributed by atoms with Gasteiger partial charge < -0.3 is 15.4 Å². The van der Waals surface area contributed by atoms with Gasteiger partial charge in [-0.15, -0.1) is 0 Å². The Morgan fingerprint density at radius 3 is 2.78 bits per heavy atom. The van der Waals surface area contributed by atoms with Crippen molar-refractivity contribution in [3.63, 3.8) is 0 Å². The number of aromatic nitrogens is 3. The second kappa shape index (κ2) is 5.65. The summed E-state index contributed by atoms with van der Waals surface area (Å²) >= 11 is 0. The number of hydrogen-bond acceptors (Lipinski definition) is 4. The molecule has 1 amide bonds. The SMILES string of the molecule is NC(=O)Cn1ccn2nc(-c3cccc(F)c3)c(CO)c2c1=O. The van der Waals surface area contributed by atoms with Crippen LogP contribution < -0.4 is 11.3 Å². The molecule has 0 saturated heterocycles. The van der Waals surface area contributed by atoms with Crippen molar-refractivity contribution in [1.82, 2.24) is 14.2 Å². The van der Waals surface area contributed by atoms with Crippen LogP contribution in [0.2, 0.25) is 0 Å². The Morgan fingerprint density at radius 1 is 1.35 bits per heavy atom. The van der Waals surface area contributed by atoms with E-state index in [1.165, 1.54) is 35.1 Å². The number of aliphatic hydroxyl groups excluding tert-OH is 1. The standard InChI is InChI=1S/C15H13FN4O3/c16-10-3-1-2-9(6-10)13-11(8-21)14-15(23)19(7-12(17)22)4-5-20(14)18-13/h1-6,21H,7-8H2,(H2,17,22). The quantitative estimate of drug-likeness (QED) is 0.721. The number of fused-ring (bicyclic) bond motifs is 1. The van der Waals surface area contributed by atoms with Gasteiger partial charge in [-0.05, 0) is 12.1 Å². The molecule has 0 bridgehead atoms. The number of carbonyl (C=O) groups excluding carboxylic acids is 1. The van der Waals surface area contributed by atoms with Gasteiger partial charge >= 0.3 is 0 Å². The van der Waals surface area contributed by atoms with Crippen molar-refractivity contribution in [2.24, 2.45) is 5.73 Å². The van der Waals surface area contributed by atoms with E-state index in [4.69, 9.17) is 5.73 Å². The number of carbonyl (C=O) groups is 1. The van der Waals surface area contributed by atoms with Crippen molar-refractivity contribution in [3.05, 3.63) is 58.4 Å². The molecule has 1 aromatic carbocycles. The Kier molecular flexibility index (Phi) is 3.67. The Morgan fingerprint density at radius 2 is 2.13 bits per heavy atom. The molecule has 0 fully saturated rings. The molecular weight excluding hydrogens is 303 g/mol. The van der Waals surface area contributed by atoms with E-state index in [-0.39, 0.29) is 17.6 Å². The van der Waals surface area contributed by atoms with Gasteiger partial charge in [0.05, 0.1) is 12.3 Å². The number of nitrogens with two attached hydrogens (primary N) is 1. The van der Waals surface area contributed by atoms with Crippen LogP contribution in [0.1, 0.15) is 5.56 Å². The molecule has 3 rings (SSSR count). The number of nitrogens with zero attached hydrogens (tertiary/aromatic N) is 3. The van der Waals surface area contributed by atoms with Crippen LogP contribution in [0.25, 0.3) is 16.8 Å². The molecular formula is C15H13FN4O3. The maximum Gasteiger partial charge on any atom is 0.277 e. The third-order valence-corrected chi connectivity index (χ3v) is 3.44. The van der Waals surface area contributed by atoms with Gasteiger partial charge in [0.15, 0.2) is 0 Å². The van der Waals surface area contributed by atoms with Gasteiger partial charge in [-0.2, -0.15) is 5.10 Å². The van der Waals surface area contributed by atoms with E-state index >= 15 is 0 Å². The summed E-state index contributed by atoms with van der Waals surface area (Å²) in [7, 11) is 0. The molecule has 118 valence electrons. The first-order chi connectivity index (χ1) is 11.0. The number of amides is 1. The van der Waals surface area contributed by atoms with Gasteiger partial charge in [0, 0.05) is 23.5 Å². The maximum absolute atomic E-state index is 13.4. The topological polar surface area (TPSA) is 103 Å². The maximum atomic E-state index is 13.4. The lowest BCUT2D eigenvalue weighted by atomic mass is 10.1. The lowest BCUT2D eigenvalue weighted by molar-refractivity contribution is -0.118. The van der Waals surface area contributed by atoms with E-state index in [9.17, 15) is 19.1 Å². The molecule has 0 spiro atoms. The summed E-state index contributed by atoms with van der Waals surface area (Å²) in [4.78, 5) is 23.5. The van der Waals surface area contributed by atoms with Crippen LogP contribution in [0.4, 0.5) is 4.39 Å². The highest BCUT2D eigenvalue weighted by Crippen LogP contribution is 2.25. The molecule has 3 aromatic rings. The molecule has 0 aliphatic carbocycles. The molecule has 0 aliphatic rings. The Labute approximate surface area is 129 Å². The molecule has 0 radical (unpaired) electrons. The summed E-state index contributed by atoms with van der Waals surface area (Å²) in [6.07, 6.45) is 2.85. The average molecular weight is 316 g/mol. The summed E-state index contributed by atoms with van der Waals surface area (Å²) < 4.78 is 15.8. The molecule has 0 atom stereocenters. The van der Waals surface area contributed by atoms with Gasteiger partial charge in [-0.1, -0.05) is 12.1 Å². The van der Waals surface area contributed by atoms with Crippen LogP contribution in [-0.2, 0) is 17.9 Å². The van der Waals surface area contributed by atoms with Gasteiger partial charge in [-0.25, -0.2) is 8.91 Å². The fourth-order valence-electron chi connectivity index (χ4n) is 2.46. The summed E-state index contributed by atoms with van der Waals surface area (Å²) in [5.74, 6) is -1.11. The van der Waals surface area contributed by atoms with Crippen LogP contribution in [0.15, 0.2) is 41.5 Å². The number of benzene rings is 1. The zero-order valence-electron chi connectivity index (χ0n) is 11.9. The molecule has 2 aromatic heterocycles. The molecule has 0 unspecified atom stereocenters. The fraction of sp³-hybridized carbons (Fsp3) is 0.133. The van der Waals surface area contributed by atoms with E-state index in [2.05, 4.69) is 5.10 Å². The summed E-state index contributed by atoms with van der Waals surface area (Å²) in [6.45, 7) is -0.730. The summed E-state index contributed by atoms with van der Waals surface area (Å²) in [5.41, 5.74) is 5.73. The predicted octanol–water partition coefficient (Wildman–Crippen LogP) is 0.280. The van der Waals surface area contributed by atoms with Crippen LogP contribution >= 0.6 is 0 Å². The van der Waals surface area contributed by atoms with Crippen LogP contribution in [0.5, 0.6) is 0 Å². The summed E-state index contributed by atoms with van der Waals surface area (Å²) in [5, 5.41) is 13.9. The molecule has 23 heavy (non-hydrogen) atoms. The first-order valence-corrected chi connectivity index (χ1v) is 6.77. The minimum absolute atomic E-state index is 0.121. The molecule has 7 nitrogen and oxygen atoms in total. The lowest BCUT2D eigenvalue weighted by Gasteiger charge is -2.03. The van der Waals surface area contributed by atoms with Crippen molar-refractivity contribution in [2.45, 2.75) is 13.2 Å². The van der Waals surface area contributed by atoms with E-state index in [1.54, 1.807) is 6.07 Å². The summed E-state index contributed by atoms with van der Waals surface area (Å²) in [6, 6.07) is 5.70. The Bertz CT molecular complexity index is 961. The van der Waals surface area contributed by atoms with Gasteiger partial charge in [0.1, 0.15) is 17.9 Å². The van der Waals surface area contributed by atoms with Crippen molar-refractivity contribution in [1.29, 1.82) is 0 Å². The monoisotopic (exact) mass is 316 g/mol. The first kappa shape index (κ1) is 14.9.